The minimum atomic E-state index is -4.56. The van der Waals surface area contributed by atoms with Gasteiger partial charge in [-0.2, -0.15) is 13.2 Å². The molecule has 6 heteroatoms. The van der Waals surface area contributed by atoms with E-state index < -0.39 is 17.5 Å². The van der Waals surface area contributed by atoms with Crippen molar-refractivity contribution in [1.82, 2.24) is 0 Å². The lowest BCUT2D eigenvalue weighted by atomic mass is 10.0. The normalized spacial score (nSPS) is 13.1. The molecule has 0 aliphatic carbocycles. The lowest BCUT2D eigenvalue weighted by Gasteiger charge is -2.24. The summed E-state index contributed by atoms with van der Waals surface area (Å²) >= 11 is 1.35. The van der Waals surface area contributed by atoms with Gasteiger partial charge in [-0.25, -0.2) is 0 Å². The zero-order chi connectivity index (χ0) is 15.2. The van der Waals surface area contributed by atoms with E-state index >= 15 is 0 Å². The van der Waals surface area contributed by atoms with Crippen LogP contribution < -0.4 is 5.32 Å². The lowest BCUT2D eigenvalue weighted by Crippen LogP contribution is -2.15. The van der Waals surface area contributed by atoms with Crippen molar-refractivity contribution >= 4 is 28.9 Å². The fraction of sp³-hybridized carbons (Fsp3) is 0.133. The molecule has 0 bridgehead atoms. The number of anilines is 2. The first-order valence-electron chi connectivity index (χ1n) is 6.17. The Morgan fingerprint density at radius 1 is 1.10 bits per heavy atom. The van der Waals surface area contributed by atoms with Gasteiger partial charge in [0, 0.05) is 9.79 Å². The van der Waals surface area contributed by atoms with Crippen LogP contribution in [0.4, 0.5) is 24.5 Å². The summed E-state index contributed by atoms with van der Waals surface area (Å²) in [6.07, 6.45) is -4.56. The molecule has 3 rings (SSSR count). The summed E-state index contributed by atoms with van der Waals surface area (Å²) in [7, 11) is 0. The van der Waals surface area contributed by atoms with Crippen molar-refractivity contribution in [2.75, 3.05) is 5.32 Å². The zero-order valence-electron chi connectivity index (χ0n) is 10.9. The van der Waals surface area contributed by atoms with Crippen molar-refractivity contribution in [2.24, 2.45) is 0 Å². The highest BCUT2D eigenvalue weighted by atomic mass is 32.2. The topological polar surface area (TPSA) is 29.1 Å². The molecule has 0 saturated heterocycles. The first-order valence-corrected chi connectivity index (χ1v) is 6.98. The molecule has 1 aliphatic heterocycles. The molecule has 2 aromatic rings. The van der Waals surface area contributed by atoms with Crippen LogP contribution >= 0.6 is 11.8 Å². The molecular formula is C15H10F3NOS. The first kappa shape index (κ1) is 14.0. The number of para-hydroxylation sites is 1. The van der Waals surface area contributed by atoms with Crippen LogP contribution in [-0.2, 0) is 6.18 Å². The number of fused-ring (bicyclic) bond motifs is 2. The molecule has 0 unspecified atom stereocenters. The predicted octanol–water partition coefficient (Wildman–Crippen LogP) is 5.12. The zero-order valence-corrected chi connectivity index (χ0v) is 11.7. The monoisotopic (exact) mass is 309 g/mol. The molecule has 0 spiro atoms. The average Bonchev–Trinajstić information content (AvgIpc) is 2.42. The van der Waals surface area contributed by atoms with E-state index in [0.717, 1.165) is 17.9 Å². The first-order chi connectivity index (χ1) is 9.88. The molecule has 0 aromatic heterocycles. The number of Topliss-reactive ketones (excluding diaryl/α,β-unsaturated/α-hetero) is 1. The Labute approximate surface area is 123 Å². The van der Waals surface area contributed by atoms with Gasteiger partial charge >= 0.3 is 6.18 Å². The smallest absolute Gasteiger partial charge is 0.353 e. The van der Waals surface area contributed by atoms with Gasteiger partial charge in [0.2, 0.25) is 0 Å². The van der Waals surface area contributed by atoms with Crippen molar-refractivity contribution in [3.05, 3.63) is 47.5 Å². The number of carbonyl (C=O) groups is 1. The Hall–Kier alpha value is -1.95. The second kappa shape index (κ2) is 4.80. The minimum absolute atomic E-state index is 0.237. The number of halogens is 3. The maximum absolute atomic E-state index is 13.1. The van der Waals surface area contributed by atoms with E-state index in [-0.39, 0.29) is 11.3 Å². The number of alkyl halides is 3. The fourth-order valence-corrected chi connectivity index (χ4v) is 3.31. The molecule has 0 radical (unpaired) electrons. The molecule has 2 nitrogen and oxygen atoms in total. The largest absolute Gasteiger partial charge is 0.417 e. The van der Waals surface area contributed by atoms with Gasteiger partial charge in [-0.1, -0.05) is 23.9 Å². The number of benzene rings is 2. The molecule has 0 atom stereocenters. The van der Waals surface area contributed by atoms with Gasteiger partial charge in [-0.15, -0.1) is 0 Å². The van der Waals surface area contributed by atoms with E-state index in [1.165, 1.54) is 17.8 Å². The Kier molecular flexibility index (Phi) is 3.20. The molecular weight excluding hydrogens is 299 g/mol. The Balaban J connectivity index is 2.21. The molecule has 2 aromatic carbocycles. The molecule has 0 amide bonds. The van der Waals surface area contributed by atoms with Crippen LogP contribution in [-0.4, -0.2) is 5.78 Å². The summed E-state index contributed by atoms with van der Waals surface area (Å²) in [6.45, 7) is 1.15. The van der Waals surface area contributed by atoms with E-state index in [9.17, 15) is 18.0 Å². The highest BCUT2D eigenvalue weighted by molar-refractivity contribution is 7.99. The Morgan fingerprint density at radius 2 is 1.81 bits per heavy atom. The van der Waals surface area contributed by atoms with Crippen molar-refractivity contribution < 1.29 is 18.0 Å². The van der Waals surface area contributed by atoms with E-state index in [1.807, 2.05) is 12.1 Å². The average molecular weight is 309 g/mol. The molecule has 1 N–H and O–H groups in total. The Bertz CT molecular complexity index is 740. The molecule has 21 heavy (non-hydrogen) atoms. The highest BCUT2D eigenvalue weighted by Gasteiger charge is 2.37. The fourth-order valence-electron chi connectivity index (χ4n) is 2.31. The van der Waals surface area contributed by atoms with Gasteiger partial charge in [0.05, 0.1) is 22.5 Å². The minimum Gasteiger partial charge on any atom is -0.353 e. The van der Waals surface area contributed by atoms with Crippen LogP contribution in [0.5, 0.6) is 0 Å². The van der Waals surface area contributed by atoms with Crippen LogP contribution in [0.1, 0.15) is 22.8 Å². The van der Waals surface area contributed by atoms with Crippen LogP contribution in [0, 0.1) is 0 Å². The van der Waals surface area contributed by atoms with E-state index in [2.05, 4.69) is 5.32 Å². The summed E-state index contributed by atoms with van der Waals surface area (Å²) in [6, 6.07) is 9.67. The van der Waals surface area contributed by atoms with E-state index in [1.54, 1.807) is 12.1 Å². The van der Waals surface area contributed by atoms with Gasteiger partial charge in [0.15, 0.2) is 5.78 Å². The number of hydrogen-bond donors (Lipinski definition) is 1. The molecule has 0 saturated carbocycles. The summed E-state index contributed by atoms with van der Waals surface area (Å²) in [5.74, 6) is -0.605. The third-order valence-corrected chi connectivity index (χ3v) is 4.33. The summed E-state index contributed by atoms with van der Waals surface area (Å²) in [5.41, 5.74) is -0.263. The van der Waals surface area contributed by atoms with Crippen molar-refractivity contribution in [3.63, 3.8) is 0 Å². The van der Waals surface area contributed by atoms with Gasteiger partial charge in [-0.05, 0) is 31.2 Å². The van der Waals surface area contributed by atoms with Crippen LogP contribution in [0.15, 0.2) is 46.2 Å². The second-order valence-electron chi connectivity index (χ2n) is 4.64. The standard InChI is InChI=1S/C15H10F3NOS/c1-8(20)13-9(15(16,17)18)6-7-12-14(13)19-10-4-2-3-5-11(10)21-12/h2-7,19H,1H3. The number of rotatable bonds is 1. The molecule has 0 fully saturated rings. The van der Waals surface area contributed by atoms with Gasteiger partial charge < -0.3 is 5.32 Å². The maximum atomic E-state index is 13.1. The van der Waals surface area contributed by atoms with E-state index in [4.69, 9.17) is 0 Å². The SMILES string of the molecule is CC(=O)c1c(C(F)(F)F)ccc2c1Nc1ccccc1S2. The van der Waals surface area contributed by atoms with Gasteiger partial charge in [0.1, 0.15) is 0 Å². The third-order valence-electron chi connectivity index (χ3n) is 3.19. The summed E-state index contributed by atoms with van der Waals surface area (Å²) < 4.78 is 39.3. The van der Waals surface area contributed by atoms with Crippen molar-refractivity contribution in [2.45, 2.75) is 22.9 Å². The number of ketones is 1. The predicted molar refractivity (Wildman–Crippen MR) is 75.3 cm³/mol. The molecule has 1 aliphatic rings. The maximum Gasteiger partial charge on any atom is 0.417 e. The summed E-state index contributed by atoms with van der Waals surface area (Å²) in [5, 5.41) is 2.96. The number of nitrogens with one attached hydrogen (secondary N) is 1. The van der Waals surface area contributed by atoms with Gasteiger partial charge in [0.25, 0.3) is 0 Å². The lowest BCUT2D eigenvalue weighted by molar-refractivity contribution is -0.137. The quantitative estimate of drug-likeness (QED) is 0.633. The van der Waals surface area contributed by atoms with E-state index in [0.29, 0.717) is 10.6 Å². The van der Waals surface area contributed by atoms with Gasteiger partial charge in [-0.3, -0.25) is 4.79 Å². The summed E-state index contributed by atoms with van der Waals surface area (Å²) in [4.78, 5) is 13.3. The second-order valence-corrected chi connectivity index (χ2v) is 5.72. The van der Waals surface area contributed by atoms with Crippen molar-refractivity contribution in [1.29, 1.82) is 0 Å². The Morgan fingerprint density at radius 3 is 2.48 bits per heavy atom. The van der Waals surface area contributed by atoms with Crippen LogP contribution in [0.2, 0.25) is 0 Å². The highest BCUT2D eigenvalue weighted by Crippen LogP contribution is 2.48. The number of carbonyl (C=O) groups excluding carboxylic acids is 1. The molecule has 108 valence electrons. The third kappa shape index (κ3) is 2.40. The van der Waals surface area contributed by atoms with Crippen LogP contribution in [0.25, 0.3) is 0 Å². The van der Waals surface area contributed by atoms with Crippen molar-refractivity contribution in [3.8, 4) is 0 Å². The number of hydrogen-bond acceptors (Lipinski definition) is 3. The van der Waals surface area contributed by atoms with Crippen LogP contribution in [0.3, 0.4) is 0 Å². The molecule has 1 heterocycles.